The third-order valence-corrected chi connectivity index (χ3v) is 2.11. The summed E-state index contributed by atoms with van der Waals surface area (Å²) in [4.78, 5) is 0. The maximum Gasteiger partial charge on any atom is 0.0581 e. The minimum atomic E-state index is 0.669. The number of hydrogen-bond acceptors (Lipinski definition) is 2. The van der Waals surface area contributed by atoms with E-state index in [2.05, 4.69) is 46.9 Å². The molecule has 0 bridgehead atoms. The molecule has 3 heteroatoms. The molecule has 0 fully saturated rings. The molecule has 0 aromatic heterocycles. The lowest BCUT2D eigenvalue weighted by Gasteiger charge is -2.06. The summed E-state index contributed by atoms with van der Waals surface area (Å²) in [6.45, 7) is 2.07. The molecule has 0 saturated heterocycles. The fourth-order valence-electron chi connectivity index (χ4n) is 0.911. The van der Waals surface area contributed by atoms with E-state index in [1.54, 1.807) is 0 Å². The molecule has 1 aromatic carbocycles. The van der Waals surface area contributed by atoms with E-state index in [0.29, 0.717) is 5.88 Å². The Hall–Kier alpha value is -0.150. The van der Waals surface area contributed by atoms with Crippen molar-refractivity contribution in [3.05, 3.63) is 28.2 Å². The molecule has 60 valence electrons. The average molecular weight is 232 g/mol. The van der Waals surface area contributed by atoms with Gasteiger partial charge in [0.1, 0.15) is 0 Å². The molecule has 0 amide bonds. The lowest BCUT2D eigenvalue weighted by atomic mass is 10.2. The van der Waals surface area contributed by atoms with Gasteiger partial charge < -0.3 is 5.32 Å². The largest absolute Gasteiger partial charge is 0.376 e. The smallest absolute Gasteiger partial charge is 0.0581 e. The molecule has 1 nitrogen and oxygen atoms in total. The predicted molar refractivity (Wildman–Crippen MR) is 56.4 cm³/mol. The highest BCUT2D eigenvalue weighted by Crippen LogP contribution is 2.19. The number of benzene rings is 1. The van der Waals surface area contributed by atoms with E-state index in [1.165, 1.54) is 5.56 Å². The van der Waals surface area contributed by atoms with Crippen molar-refractivity contribution in [2.24, 2.45) is 0 Å². The predicted octanol–water partition coefficient (Wildman–Crippen LogP) is 3.06. The summed E-state index contributed by atoms with van der Waals surface area (Å²) in [6.07, 6.45) is 0. The Balaban J connectivity index is 2.90. The van der Waals surface area contributed by atoms with Crippen molar-refractivity contribution >= 4 is 34.2 Å². The topological polar surface area (TPSA) is 12.0 Å². The van der Waals surface area contributed by atoms with Crippen LogP contribution in [-0.2, 0) is 0 Å². The zero-order valence-corrected chi connectivity index (χ0v) is 8.74. The molecule has 0 spiro atoms. The summed E-state index contributed by atoms with van der Waals surface area (Å²) in [5.41, 5.74) is 2.37. The molecule has 0 aliphatic rings. The molecule has 0 aliphatic heterocycles. The number of rotatable bonds is 2. The zero-order chi connectivity index (χ0) is 8.27. The van der Waals surface area contributed by atoms with E-state index in [9.17, 15) is 0 Å². The summed E-state index contributed by atoms with van der Waals surface area (Å²) >= 11 is 7.48. The quantitative estimate of drug-likeness (QED) is 0.590. The molecular weight excluding hydrogens is 222 g/mol. The van der Waals surface area contributed by atoms with Crippen LogP contribution in [0, 0.1) is 6.92 Å². The summed E-state index contributed by atoms with van der Waals surface area (Å²) in [5.74, 6) is 0.669. The van der Waals surface area contributed by atoms with Crippen molar-refractivity contribution < 1.29 is 0 Å². The van der Waals surface area contributed by atoms with E-state index in [-0.39, 0.29) is 0 Å². The van der Waals surface area contributed by atoms with E-state index < -0.39 is 0 Å². The molecular formula is C8H10BrNS. The van der Waals surface area contributed by atoms with Crippen LogP contribution in [0.15, 0.2) is 22.7 Å². The van der Waals surface area contributed by atoms with Gasteiger partial charge in [0.25, 0.3) is 0 Å². The van der Waals surface area contributed by atoms with E-state index in [4.69, 9.17) is 0 Å². The van der Waals surface area contributed by atoms with E-state index in [0.717, 1.165) is 10.2 Å². The van der Waals surface area contributed by atoms with Gasteiger partial charge in [0, 0.05) is 10.2 Å². The number of aryl methyl sites for hydroxylation is 1. The zero-order valence-electron chi connectivity index (χ0n) is 6.26. The van der Waals surface area contributed by atoms with Crippen molar-refractivity contribution in [2.45, 2.75) is 6.92 Å². The third kappa shape index (κ3) is 2.42. The highest BCUT2D eigenvalue weighted by molar-refractivity contribution is 9.10. The Morgan fingerprint density at radius 1 is 1.55 bits per heavy atom. The first-order valence-corrected chi connectivity index (χ1v) is 4.77. The van der Waals surface area contributed by atoms with Crippen LogP contribution >= 0.6 is 28.6 Å². The van der Waals surface area contributed by atoms with E-state index in [1.807, 2.05) is 12.1 Å². The third-order valence-electron chi connectivity index (χ3n) is 1.46. The lowest BCUT2D eigenvalue weighted by Crippen LogP contribution is -1.96. The van der Waals surface area contributed by atoms with Crippen LogP contribution in [0.5, 0.6) is 0 Å². The maximum absolute atomic E-state index is 4.08. The fourth-order valence-corrected chi connectivity index (χ4v) is 1.56. The molecule has 1 aromatic rings. The minimum absolute atomic E-state index is 0.669. The first-order chi connectivity index (χ1) is 5.24. The van der Waals surface area contributed by atoms with Crippen molar-refractivity contribution in [1.82, 2.24) is 0 Å². The summed E-state index contributed by atoms with van der Waals surface area (Å²) in [6, 6.07) is 6.13. The SMILES string of the molecule is Cc1cc(Br)ccc1NCS. The second-order valence-electron chi connectivity index (χ2n) is 2.29. The Morgan fingerprint density at radius 2 is 2.27 bits per heavy atom. The first kappa shape index (κ1) is 8.94. The molecule has 0 radical (unpaired) electrons. The Bertz CT molecular complexity index is 250. The van der Waals surface area contributed by atoms with Crippen LogP contribution < -0.4 is 5.32 Å². The summed E-state index contributed by atoms with van der Waals surface area (Å²) in [5, 5.41) is 3.15. The van der Waals surface area contributed by atoms with Gasteiger partial charge in [0.05, 0.1) is 5.88 Å². The number of halogens is 1. The standard InChI is InChI=1S/C8H10BrNS/c1-6-4-7(9)2-3-8(6)10-5-11/h2-4,10-11H,5H2,1H3. The number of anilines is 1. The van der Waals surface area contributed by atoms with Gasteiger partial charge in [0.15, 0.2) is 0 Å². The first-order valence-electron chi connectivity index (χ1n) is 3.35. The Kier molecular flexibility index (Phi) is 3.27. The van der Waals surface area contributed by atoms with Gasteiger partial charge in [-0.05, 0) is 30.7 Å². The van der Waals surface area contributed by atoms with Crippen molar-refractivity contribution in [3.63, 3.8) is 0 Å². The number of nitrogens with one attached hydrogen (secondary N) is 1. The van der Waals surface area contributed by atoms with Crippen LogP contribution in [0.3, 0.4) is 0 Å². The van der Waals surface area contributed by atoms with Crippen LogP contribution in [0.25, 0.3) is 0 Å². The van der Waals surface area contributed by atoms with E-state index >= 15 is 0 Å². The number of hydrogen-bond donors (Lipinski definition) is 2. The van der Waals surface area contributed by atoms with Gasteiger partial charge in [-0.3, -0.25) is 0 Å². The molecule has 0 unspecified atom stereocenters. The maximum atomic E-state index is 4.08. The lowest BCUT2D eigenvalue weighted by molar-refractivity contribution is 1.37. The molecule has 0 atom stereocenters. The highest BCUT2D eigenvalue weighted by atomic mass is 79.9. The number of thiol groups is 1. The molecule has 11 heavy (non-hydrogen) atoms. The van der Waals surface area contributed by atoms with Crippen molar-refractivity contribution in [1.29, 1.82) is 0 Å². The highest BCUT2D eigenvalue weighted by Gasteiger charge is 1.95. The summed E-state index contributed by atoms with van der Waals surface area (Å²) in [7, 11) is 0. The van der Waals surface area contributed by atoms with Gasteiger partial charge in [-0.1, -0.05) is 15.9 Å². The fraction of sp³-hybridized carbons (Fsp3) is 0.250. The Morgan fingerprint density at radius 3 is 2.82 bits per heavy atom. The average Bonchev–Trinajstić information content (AvgIpc) is 1.95. The second kappa shape index (κ2) is 4.02. The van der Waals surface area contributed by atoms with Crippen LogP contribution in [0.2, 0.25) is 0 Å². The summed E-state index contributed by atoms with van der Waals surface area (Å²) < 4.78 is 1.11. The van der Waals surface area contributed by atoms with Gasteiger partial charge in [-0.2, -0.15) is 12.6 Å². The van der Waals surface area contributed by atoms with Gasteiger partial charge >= 0.3 is 0 Å². The minimum Gasteiger partial charge on any atom is -0.376 e. The van der Waals surface area contributed by atoms with Crippen molar-refractivity contribution in [3.8, 4) is 0 Å². The molecule has 1 rings (SSSR count). The van der Waals surface area contributed by atoms with Gasteiger partial charge in [0.2, 0.25) is 0 Å². The molecule has 0 saturated carbocycles. The normalized spacial score (nSPS) is 9.73. The Labute approximate surface area is 80.7 Å². The monoisotopic (exact) mass is 231 g/mol. The van der Waals surface area contributed by atoms with Crippen LogP contribution in [0.1, 0.15) is 5.56 Å². The van der Waals surface area contributed by atoms with Crippen molar-refractivity contribution in [2.75, 3.05) is 11.2 Å². The van der Waals surface area contributed by atoms with Crippen LogP contribution in [-0.4, -0.2) is 5.88 Å². The molecule has 0 heterocycles. The van der Waals surface area contributed by atoms with Gasteiger partial charge in [-0.15, -0.1) is 0 Å². The molecule has 1 N–H and O–H groups in total. The molecule has 0 aliphatic carbocycles. The second-order valence-corrected chi connectivity index (χ2v) is 3.53. The van der Waals surface area contributed by atoms with Crippen LogP contribution in [0.4, 0.5) is 5.69 Å². The van der Waals surface area contributed by atoms with Gasteiger partial charge in [-0.25, -0.2) is 0 Å².